The molecular formula is C9H13IO3. The van der Waals surface area contributed by atoms with Gasteiger partial charge in [0.25, 0.3) is 0 Å². The van der Waals surface area contributed by atoms with E-state index in [1.54, 1.807) is 19.9 Å². The van der Waals surface area contributed by atoms with Crippen molar-refractivity contribution in [1.29, 1.82) is 0 Å². The van der Waals surface area contributed by atoms with Crippen LogP contribution in [0.5, 0.6) is 0 Å². The van der Waals surface area contributed by atoms with E-state index in [0.29, 0.717) is 6.61 Å². The lowest BCUT2D eigenvalue weighted by Crippen LogP contribution is -2.17. The van der Waals surface area contributed by atoms with E-state index in [2.05, 4.69) is 0 Å². The van der Waals surface area contributed by atoms with Gasteiger partial charge in [-0.25, -0.2) is 4.79 Å². The lowest BCUT2D eigenvalue weighted by Gasteiger charge is -2.08. The smallest absolute Gasteiger partial charge is 0.337 e. The molecule has 4 heteroatoms. The van der Waals surface area contributed by atoms with Gasteiger partial charge in [-0.15, -0.1) is 0 Å². The van der Waals surface area contributed by atoms with Gasteiger partial charge in [-0.2, -0.15) is 0 Å². The average molecular weight is 296 g/mol. The summed E-state index contributed by atoms with van der Waals surface area (Å²) in [6.45, 7) is 3.82. The van der Waals surface area contributed by atoms with E-state index in [0.717, 1.165) is 0 Å². The van der Waals surface area contributed by atoms with Crippen LogP contribution in [-0.4, -0.2) is 23.8 Å². The summed E-state index contributed by atoms with van der Waals surface area (Å²) < 4.78 is 6.28. The number of halogens is 1. The van der Waals surface area contributed by atoms with Crippen LogP contribution in [0.25, 0.3) is 0 Å². The molecule has 0 saturated heterocycles. The van der Waals surface area contributed by atoms with E-state index in [4.69, 9.17) is 4.74 Å². The summed E-state index contributed by atoms with van der Waals surface area (Å²) in [5.74, 6) is -0.470. The molecule has 0 aromatic rings. The van der Waals surface area contributed by atoms with Gasteiger partial charge in [0.1, 0.15) is 6.10 Å². The Bertz CT molecular complexity index is 221. The van der Waals surface area contributed by atoms with Crippen molar-refractivity contribution in [2.75, 3.05) is 6.61 Å². The molecule has 0 fully saturated rings. The predicted octanol–water partition coefficient (Wildman–Crippen LogP) is 1.81. The summed E-state index contributed by atoms with van der Waals surface area (Å²) in [5, 5.41) is 9.45. The largest absolute Gasteiger partial charge is 0.463 e. The molecule has 0 aromatic carbocycles. The van der Waals surface area contributed by atoms with Gasteiger partial charge in [0.05, 0.1) is 12.2 Å². The number of aliphatic hydroxyl groups is 1. The summed E-state index contributed by atoms with van der Waals surface area (Å²) in [5.41, 5.74) is 0.264. The maximum absolute atomic E-state index is 11.2. The Balaban J connectivity index is 4.43. The molecule has 0 aliphatic carbocycles. The van der Waals surface area contributed by atoms with Crippen LogP contribution in [0.1, 0.15) is 13.8 Å². The van der Waals surface area contributed by atoms with Crippen molar-refractivity contribution in [1.82, 2.24) is 0 Å². The minimum atomic E-state index is -0.874. The minimum Gasteiger partial charge on any atom is -0.463 e. The molecule has 0 amide bonds. The van der Waals surface area contributed by atoms with Gasteiger partial charge >= 0.3 is 5.97 Å². The van der Waals surface area contributed by atoms with Gasteiger partial charge in [-0.3, -0.25) is 0 Å². The third-order valence-electron chi connectivity index (χ3n) is 1.32. The number of esters is 1. The van der Waals surface area contributed by atoms with Crippen molar-refractivity contribution in [3.05, 3.63) is 21.8 Å². The Labute approximate surface area is 91.6 Å². The van der Waals surface area contributed by atoms with Crippen molar-refractivity contribution in [2.24, 2.45) is 0 Å². The Morgan fingerprint density at radius 2 is 2.31 bits per heavy atom. The van der Waals surface area contributed by atoms with E-state index in [1.165, 1.54) is 10.2 Å². The SMILES string of the molecule is C/C=C/C(O)/C(=C/I)C(=O)OCC. The van der Waals surface area contributed by atoms with Crippen molar-refractivity contribution in [3.8, 4) is 0 Å². The molecule has 0 spiro atoms. The number of carbonyl (C=O) groups is 1. The van der Waals surface area contributed by atoms with Crippen LogP contribution in [0, 0.1) is 0 Å². The summed E-state index contributed by atoms with van der Waals surface area (Å²) in [7, 11) is 0. The van der Waals surface area contributed by atoms with Crippen LogP contribution < -0.4 is 0 Å². The number of carbonyl (C=O) groups excluding carboxylic acids is 1. The Hall–Kier alpha value is -0.360. The number of allylic oxidation sites excluding steroid dienone is 1. The first kappa shape index (κ1) is 12.6. The predicted molar refractivity (Wildman–Crippen MR) is 59.6 cm³/mol. The van der Waals surface area contributed by atoms with Crippen molar-refractivity contribution in [2.45, 2.75) is 20.0 Å². The monoisotopic (exact) mass is 296 g/mol. The first-order valence-corrected chi connectivity index (χ1v) is 5.20. The third-order valence-corrected chi connectivity index (χ3v) is 1.99. The molecule has 0 aromatic heterocycles. The highest BCUT2D eigenvalue weighted by Crippen LogP contribution is 2.09. The molecule has 0 rings (SSSR count). The Kier molecular flexibility index (Phi) is 6.89. The molecule has 0 bridgehead atoms. The molecule has 3 nitrogen and oxygen atoms in total. The molecule has 13 heavy (non-hydrogen) atoms. The third kappa shape index (κ3) is 4.42. The minimum absolute atomic E-state index is 0.264. The second-order valence-electron chi connectivity index (χ2n) is 2.26. The van der Waals surface area contributed by atoms with Crippen molar-refractivity contribution in [3.63, 3.8) is 0 Å². The first-order chi connectivity index (χ1) is 6.17. The Morgan fingerprint density at radius 1 is 1.69 bits per heavy atom. The molecule has 0 aliphatic heterocycles. The van der Waals surface area contributed by atoms with Gasteiger partial charge < -0.3 is 9.84 Å². The number of rotatable bonds is 4. The summed E-state index contributed by atoms with van der Waals surface area (Å²) in [6, 6.07) is 0. The van der Waals surface area contributed by atoms with Crippen LogP contribution in [-0.2, 0) is 9.53 Å². The average Bonchev–Trinajstić information content (AvgIpc) is 2.06. The van der Waals surface area contributed by atoms with E-state index in [-0.39, 0.29) is 5.57 Å². The first-order valence-electron chi connectivity index (χ1n) is 3.95. The summed E-state index contributed by atoms with van der Waals surface area (Å²) >= 11 is 1.90. The lowest BCUT2D eigenvalue weighted by molar-refractivity contribution is -0.139. The highest BCUT2D eigenvalue weighted by atomic mass is 127. The molecule has 74 valence electrons. The van der Waals surface area contributed by atoms with E-state index >= 15 is 0 Å². The summed E-state index contributed by atoms with van der Waals surface area (Å²) in [4.78, 5) is 11.2. The van der Waals surface area contributed by atoms with Crippen molar-refractivity contribution >= 4 is 28.6 Å². The normalized spacial score (nSPS) is 14.6. The van der Waals surface area contributed by atoms with E-state index < -0.39 is 12.1 Å². The zero-order valence-corrected chi connectivity index (χ0v) is 9.82. The molecule has 0 saturated carbocycles. The molecule has 0 heterocycles. The van der Waals surface area contributed by atoms with Gasteiger partial charge in [-0.05, 0) is 17.9 Å². The Morgan fingerprint density at radius 3 is 2.69 bits per heavy atom. The van der Waals surface area contributed by atoms with Crippen LogP contribution in [0.2, 0.25) is 0 Å². The van der Waals surface area contributed by atoms with E-state index in [9.17, 15) is 9.90 Å². The fourth-order valence-corrected chi connectivity index (χ4v) is 1.35. The van der Waals surface area contributed by atoms with Gasteiger partial charge in [-0.1, -0.05) is 34.7 Å². The quantitative estimate of drug-likeness (QED) is 0.372. The number of hydrogen-bond acceptors (Lipinski definition) is 3. The highest BCUT2D eigenvalue weighted by Gasteiger charge is 2.16. The van der Waals surface area contributed by atoms with Crippen LogP contribution in [0.4, 0.5) is 0 Å². The molecule has 0 aliphatic rings. The maximum atomic E-state index is 11.2. The fraction of sp³-hybridized carbons (Fsp3) is 0.444. The molecular weight excluding hydrogens is 283 g/mol. The van der Waals surface area contributed by atoms with Gasteiger partial charge in [0.2, 0.25) is 0 Å². The molecule has 1 unspecified atom stereocenters. The fourth-order valence-electron chi connectivity index (χ4n) is 0.730. The van der Waals surface area contributed by atoms with Crippen LogP contribution >= 0.6 is 22.6 Å². The van der Waals surface area contributed by atoms with Gasteiger partial charge in [0.15, 0.2) is 0 Å². The van der Waals surface area contributed by atoms with Crippen LogP contribution in [0.3, 0.4) is 0 Å². The molecule has 0 radical (unpaired) electrons. The highest BCUT2D eigenvalue weighted by molar-refractivity contribution is 14.1. The second-order valence-corrected chi connectivity index (χ2v) is 2.88. The summed E-state index contributed by atoms with van der Waals surface area (Å²) in [6.07, 6.45) is 2.34. The topological polar surface area (TPSA) is 46.5 Å². The molecule has 1 N–H and O–H groups in total. The molecule has 1 atom stereocenters. The van der Waals surface area contributed by atoms with Crippen LogP contribution in [0.15, 0.2) is 21.8 Å². The standard InChI is InChI=1S/C9H13IO3/c1-3-5-8(11)7(6-10)9(12)13-4-2/h3,5-6,8,11H,4H2,1-2H3/b5-3+,7-6-. The zero-order chi connectivity index (χ0) is 10.3. The number of hydrogen-bond donors (Lipinski definition) is 1. The number of ether oxygens (including phenoxy) is 1. The van der Waals surface area contributed by atoms with E-state index in [1.807, 2.05) is 22.6 Å². The maximum Gasteiger partial charge on any atom is 0.337 e. The van der Waals surface area contributed by atoms with Crippen molar-refractivity contribution < 1.29 is 14.6 Å². The number of aliphatic hydroxyl groups excluding tert-OH is 1. The lowest BCUT2D eigenvalue weighted by atomic mass is 10.1. The van der Waals surface area contributed by atoms with Gasteiger partial charge in [0, 0.05) is 0 Å². The zero-order valence-electron chi connectivity index (χ0n) is 7.66. The second kappa shape index (κ2) is 7.08.